The van der Waals surface area contributed by atoms with Gasteiger partial charge in [0.2, 0.25) is 0 Å². The Labute approximate surface area is 64.4 Å². The SMILES string of the molecule is CCCC([S])CC(C)C. The second-order valence-corrected chi connectivity index (χ2v) is 3.71. The van der Waals surface area contributed by atoms with Crippen molar-refractivity contribution in [3.63, 3.8) is 0 Å². The quantitative estimate of drug-likeness (QED) is 0.569. The highest BCUT2D eigenvalue weighted by Gasteiger charge is 2.03. The predicted octanol–water partition coefficient (Wildman–Crippen LogP) is 3.40. The summed E-state index contributed by atoms with van der Waals surface area (Å²) in [6.07, 6.45) is 3.66. The first-order chi connectivity index (χ1) is 4.16. The van der Waals surface area contributed by atoms with E-state index in [-0.39, 0.29) is 0 Å². The predicted molar refractivity (Wildman–Crippen MR) is 45.7 cm³/mol. The van der Waals surface area contributed by atoms with E-state index < -0.39 is 0 Å². The molecule has 0 heterocycles. The Bertz CT molecular complexity index is 59.6. The van der Waals surface area contributed by atoms with E-state index >= 15 is 0 Å². The van der Waals surface area contributed by atoms with E-state index in [2.05, 4.69) is 20.8 Å². The van der Waals surface area contributed by atoms with Crippen molar-refractivity contribution in [2.75, 3.05) is 0 Å². The van der Waals surface area contributed by atoms with Crippen LogP contribution in [-0.4, -0.2) is 5.25 Å². The van der Waals surface area contributed by atoms with Gasteiger partial charge in [0.15, 0.2) is 0 Å². The van der Waals surface area contributed by atoms with Crippen molar-refractivity contribution in [2.45, 2.75) is 45.3 Å². The van der Waals surface area contributed by atoms with Gasteiger partial charge in [0.05, 0.1) is 0 Å². The molecule has 0 aliphatic heterocycles. The fourth-order valence-electron chi connectivity index (χ4n) is 0.966. The smallest absolute Gasteiger partial charge is 0.0153 e. The van der Waals surface area contributed by atoms with Gasteiger partial charge < -0.3 is 0 Å². The average molecular weight is 145 g/mol. The summed E-state index contributed by atoms with van der Waals surface area (Å²) in [7, 11) is 0. The van der Waals surface area contributed by atoms with Crippen LogP contribution in [0.15, 0.2) is 0 Å². The van der Waals surface area contributed by atoms with Crippen LogP contribution < -0.4 is 0 Å². The Morgan fingerprint density at radius 1 is 1.33 bits per heavy atom. The van der Waals surface area contributed by atoms with Gasteiger partial charge in [-0.2, -0.15) is 0 Å². The third-order valence-corrected chi connectivity index (χ3v) is 1.77. The summed E-state index contributed by atoms with van der Waals surface area (Å²) in [5.74, 6) is 0.777. The van der Waals surface area contributed by atoms with E-state index in [0.29, 0.717) is 5.25 Å². The van der Waals surface area contributed by atoms with E-state index in [1.165, 1.54) is 19.3 Å². The van der Waals surface area contributed by atoms with Crippen molar-refractivity contribution in [3.8, 4) is 0 Å². The summed E-state index contributed by atoms with van der Waals surface area (Å²) in [6, 6.07) is 0. The minimum absolute atomic E-state index is 0.523. The van der Waals surface area contributed by atoms with Gasteiger partial charge in [0.1, 0.15) is 0 Å². The van der Waals surface area contributed by atoms with E-state index in [0.717, 1.165) is 5.92 Å². The Morgan fingerprint density at radius 3 is 2.22 bits per heavy atom. The normalized spacial score (nSPS) is 14.3. The van der Waals surface area contributed by atoms with Gasteiger partial charge in [-0.25, -0.2) is 0 Å². The van der Waals surface area contributed by atoms with E-state index in [1.807, 2.05) is 0 Å². The van der Waals surface area contributed by atoms with Crippen molar-refractivity contribution in [3.05, 3.63) is 0 Å². The molecule has 1 unspecified atom stereocenters. The lowest BCUT2D eigenvalue weighted by molar-refractivity contribution is 0.548. The zero-order valence-electron chi connectivity index (χ0n) is 6.68. The molecular weight excluding hydrogens is 128 g/mol. The monoisotopic (exact) mass is 145 g/mol. The van der Waals surface area contributed by atoms with E-state index in [1.54, 1.807) is 0 Å². The minimum atomic E-state index is 0.523. The van der Waals surface area contributed by atoms with Crippen LogP contribution >= 0.6 is 12.6 Å². The molecule has 0 aromatic rings. The van der Waals surface area contributed by atoms with Gasteiger partial charge >= 0.3 is 0 Å². The Hall–Kier alpha value is 0.350. The van der Waals surface area contributed by atoms with Crippen LogP contribution in [0.2, 0.25) is 0 Å². The van der Waals surface area contributed by atoms with Crippen LogP contribution in [0, 0.1) is 5.92 Å². The van der Waals surface area contributed by atoms with Crippen LogP contribution in [-0.2, 0) is 0 Å². The molecule has 0 amide bonds. The van der Waals surface area contributed by atoms with Gasteiger partial charge in [0, 0.05) is 5.25 Å². The molecule has 0 aliphatic carbocycles. The van der Waals surface area contributed by atoms with Gasteiger partial charge in [0.25, 0.3) is 0 Å². The maximum atomic E-state index is 5.21. The fraction of sp³-hybridized carbons (Fsp3) is 1.00. The molecular formula is C8H17S. The molecule has 0 N–H and O–H groups in total. The first-order valence-electron chi connectivity index (χ1n) is 3.82. The van der Waals surface area contributed by atoms with Crippen molar-refractivity contribution in [1.29, 1.82) is 0 Å². The van der Waals surface area contributed by atoms with Crippen molar-refractivity contribution in [1.82, 2.24) is 0 Å². The zero-order chi connectivity index (χ0) is 7.28. The van der Waals surface area contributed by atoms with E-state index in [4.69, 9.17) is 12.6 Å². The maximum absolute atomic E-state index is 5.21. The molecule has 55 valence electrons. The lowest BCUT2D eigenvalue weighted by Crippen LogP contribution is -2.02. The highest BCUT2D eigenvalue weighted by atomic mass is 32.1. The average Bonchev–Trinajstić information content (AvgIpc) is 1.63. The molecule has 0 spiro atoms. The van der Waals surface area contributed by atoms with Crippen LogP contribution in [0.5, 0.6) is 0 Å². The summed E-state index contributed by atoms with van der Waals surface area (Å²) in [5.41, 5.74) is 0. The largest absolute Gasteiger partial charge is 0.0904 e. The molecule has 0 saturated carbocycles. The molecule has 0 fully saturated rings. The topological polar surface area (TPSA) is 0 Å². The Morgan fingerprint density at radius 2 is 1.89 bits per heavy atom. The van der Waals surface area contributed by atoms with Crippen LogP contribution in [0.3, 0.4) is 0 Å². The molecule has 1 radical (unpaired) electrons. The molecule has 0 rings (SSSR count). The highest BCUT2D eigenvalue weighted by molar-refractivity contribution is 7.80. The second kappa shape index (κ2) is 5.16. The van der Waals surface area contributed by atoms with Crippen LogP contribution in [0.4, 0.5) is 0 Å². The van der Waals surface area contributed by atoms with E-state index in [9.17, 15) is 0 Å². The molecule has 0 nitrogen and oxygen atoms in total. The molecule has 0 aromatic carbocycles. The summed E-state index contributed by atoms with van der Waals surface area (Å²) in [4.78, 5) is 0. The summed E-state index contributed by atoms with van der Waals surface area (Å²) < 4.78 is 0. The minimum Gasteiger partial charge on any atom is -0.0904 e. The summed E-state index contributed by atoms with van der Waals surface area (Å²) >= 11 is 5.21. The van der Waals surface area contributed by atoms with Gasteiger partial charge in [-0.1, -0.05) is 39.8 Å². The first kappa shape index (κ1) is 9.35. The zero-order valence-corrected chi connectivity index (χ0v) is 7.50. The van der Waals surface area contributed by atoms with Crippen LogP contribution in [0.25, 0.3) is 0 Å². The first-order valence-corrected chi connectivity index (χ1v) is 4.29. The summed E-state index contributed by atoms with van der Waals surface area (Å²) in [6.45, 7) is 6.66. The summed E-state index contributed by atoms with van der Waals surface area (Å²) in [5, 5.41) is 0.523. The maximum Gasteiger partial charge on any atom is 0.0153 e. The Balaban J connectivity index is 3.15. The van der Waals surface area contributed by atoms with Crippen LogP contribution in [0.1, 0.15) is 40.0 Å². The number of hydrogen-bond donors (Lipinski definition) is 0. The molecule has 1 atom stereocenters. The molecule has 0 aliphatic rings. The second-order valence-electron chi connectivity index (χ2n) is 3.04. The van der Waals surface area contributed by atoms with Gasteiger partial charge in [-0.3, -0.25) is 0 Å². The third kappa shape index (κ3) is 6.23. The number of hydrogen-bond acceptors (Lipinski definition) is 0. The van der Waals surface area contributed by atoms with Crippen molar-refractivity contribution < 1.29 is 0 Å². The van der Waals surface area contributed by atoms with Gasteiger partial charge in [-0.05, 0) is 18.8 Å². The molecule has 0 bridgehead atoms. The van der Waals surface area contributed by atoms with Crippen molar-refractivity contribution >= 4 is 12.6 Å². The third-order valence-electron chi connectivity index (χ3n) is 1.34. The molecule has 1 heteroatoms. The molecule has 0 aromatic heterocycles. The lowest BCUT2D eigenvalue weighted by Gasteiger charge is -2.09. The lowest BCUT2D eigenvalue weighted by atomic mass is 10.1. The number of rotatable bonds is 4. The van der Waals surface area contributed by atoms with Crippen molar-refractivity contribution in [2.24, 2.45) is 5.92 Å². The standard InChI is InChI=1S/C8H17S/c1-4-5-8(9)6-7(2)3/h7-8H,4-6H2,1-3H3. The molecule has 0 saturated heterocycles. The highest BCUT2D eigenvalue weighted by Crippen LogP contribution is 2.14. The Kier molecular flexibility index (Phi) is 5.36. The fourth-order valence-corrected chi connectivity index (χ4v) is 1.59. The molecule has 9 heavy (non-hydrogen) atoms. The van der Waals surface area contributed by atoms with Gasteiger partial charge in [-0.15, -0.1) is 0 Å².